The van der Waals surface area contributed by atoms with Crippen molar-refractivity contribution in [3.05, 3.63) is 29.3 Å². The first kappa shape index (κ1) is 20.5. The second-order valence-electron chi connectivity index (χ2n) is 6.59. The molecular formula is C21H26N2O4. The van der Waals surface area contributed by atoms with E-state index in [0.717, 1.165) is 32.1 Å². The molecule has 1 amide bonds. The molecule has 0 spiro atoms. The molecule has 0 heterocycles. The van der Waals surface area contributed by atoms with Crippen molar-refractivity contribution in [1.82, 2.24) is 5.32 Å². The van der Waals surface area contributed by atoms with Crippen LogP contribution in [0.1, 0.15) is 51.0 Å². The van der Waals surface area contributed by atoms with Crippen LogP contribution in [0.3, 0.4) is 0 Å². The summed E-state index contributed by atoms with van der Waals surface area (Å²) in [4.78, 5) is 24.3. The summed E-state index contributed by atoms with van der Waals surface area (Å²) in [6, 6.07) is 6.88. The summed E-state index contributed by atoms with van der Waals surface area (Å²) in [6.07, 6.45) is 7.27. The Labute approximate surface area is 160 Å². The molecule has 1 N–H and O–H groups in total. The Balaban J connectivity index is 2.14. The Bertz CT molecular complexity index is 743. The SMILES string of the molecule is CCCNC(=O)/C(C#N)=C/c1ccc(OC(=O)C2CCCCC2)c(OC)c1. The lowest BCUT2D eigenvalue weighted by Crippen LogP contribution is -2.25. The van der Waals surface area contributed by atoms with Gasteiger partial charge in [-0.15, -0.1) is 0 Å². The van der Waals surface area contributed by atoms with Crippen LogP contribution in [0.4, 0.5) is 0 Å². The van der Waals surface area contributed by atoms with Crippen molar-refractivity contribution in [2.24, 2.45) is 5.92 Å². The number of carbonyl (C=O) groups excluding carboxylic acids is 2. The third-order valence-electron chi connectivity index (χ3n) is 4.55. The number of carbonyl (C=O) groups is 2. The summed E-state index contributed by atoms with van der Waals surface area (Å²) in [5, 5.41) is 11.9. The van der Waals surface area contributed by atoms with Gasteiger partial charge in [-0.2, -0.15) is 5.26 Å². The van der Waals surface area contributed by atoms with Gasteiger partial charge >= 0.3 is 5.97 Å². The van der Waals surface area contributed by atoms with Gasteiger partial charge < -0.3 is 14.8 Å². The van der Waals surface area contributed by atoms with Crippen molar-refractivity contribution in [2.75, 3.05) is 13.7 Å². The van der Waals surface area contributed by atoms with Gasteiger partial charge in [0.2, 0.25) is 0 Å². The molecule has 0 saturated heterocycles. The summed E-state index contributed by atoms with van der Waals surface area (Å²) in [7, 11) is 1.49. The van der Waals surface area contributed by atoms with Crippen LogP contribution in [0.15, 0.2) is 23.8 Å². The van der Waals surface area contributed by atoms with Crippen LogP contribution in [0.2, 0.25) is 0 Å². The van der Waals surface area contributed by atoms with Gasteiger partial charge in [0.1, 0.15) is 11.6 Å². The molecule has 2 rings (SSSR count). The maximum absolute atomic E-state index is 12.3. The van der Waals surface area contributed by atoms with Crippen molar-refractivity contribution in [3.63, 3.8) is 0 Å². The van der Waals surface area contributed by atoms with Crippen LogP contribution in [0, 0.1) is 17.2 Å². The van der Waals surface area contributed by atoms with Crippen LogP contribution in [0.5, 0.6) is 11.5 Å². The van der Waals surface area contributed by atoms with Crippen LogP contribution in [-0.2, 0) is 9.59 Å². The van der Waals surface area contributed by atoms with E-state index in [0.29, 0.717) is 23.6 Å². The lowest BCUT2D eigenvalue weighted by Gasteiger charge is -2.20. The summed E-state index contributed by atoms with van der Waals surface area (Å²) in [5.41, 5.74) is 0.630. The highest BCUT2D eigenvalue weighted by Gasteiger charge is 2.24. The van der Waals surface area contributed by atoms with Crippen LogP contribution in [-0.4, -0.2) is 25.5 Å². The van der Waals surface area contributed by atoms with E-state index in [1.165, 1.54) is 19.6 Å². The predicted octanol–water partition coefficient (Wildman–Crippen LogP) is 3.61. The zero-order valence-electron chi connectivity index (χ0n) is 15.9. The van der Waals surface area contributed by atoms with Crippen molar-refractivity contribution < 1.29 is 19.1 Å². The van der Waals surface area contributed by atoms with Gasteiger partial charge in [0.25, 0.3) is 5.91 Å². The maximum Gasteiger partial charge on any atom is 0.314 e. The molecule has 0 radical (unpaired) electrons. The van der Waals surface area contributed by atoms with E-state index in [1.807, 2.05) is 13.0 Å². The zero-order valence-corrected chi connectivity index (χ0v) is 15.9. The Morgan fingerprint density at radius 3 is 2.63 bits per heavy atom. The number of rotatable bonds is 7. The molecule has 0 aliphatic heterocycles. The number of esters is 1. The van der Waals surface area contributed by atoms with Crippen molar-refractivity contribution in [1.29, 1.82) is 5.26 Å². The Hall–Kier alpha value is -2.81. The first-order chi connectivity index (χ1) is 13.1. The van der Waals surface area contributed by atoms with Gasteiger partial charge in [-0.05, 0) is 43.0 Å². The fourth-order valence-corrected chi connectivity index (χ4v) is 3.04. The van der Waals surface area contributed by atoms with Gasteiger partial charge in [0.05, 0.1) is 13.0 Å². The van der Waals surface area contributed by atoms with E-state index in [4.69, 9.17) is 9.47 Å². The third-order valence-corrected chi connectivity index (χ3v) is 4.55. The van der Waals surface area contributed by atoms with Gasteiger partial charge in [0, 0.05) is 6.54 Å². The number of amides is 1. The van der Waals surface area contributed by atoms with E-state index in [1.54, 1.807) is 18.2 Å². The fourth-order valence-electron chi connectivity index (χ4n) is 3.04. The molecule has 6 heteroatoms. The van der Waals surface area contributed by atoms with Crippen LogP contribution in [0.25, 0.3) is 6.08 Å². The normalized spacial score (nSPS) is 14.9. The predicted molar refractivity (Wildman–Crippen MR) is 102 cm³/mol. The standard InChI is InChI=1S/C21H26N2O4/c1-3-11-23-20(24)17(14-22)12-15-9-10-18(19(13-15)26-2)27-21(25)16-7-5-4-6-8-16/h9-10,12-13,16H,3-8,11H2,1-2H3,(H,23,24)/b17-12+. The van der Waals surface area contributed by atoms with Crippen molar-refractivity contribution >= 4 is 18.0 Å². The Kier molecular flexibility index (Phi) is 7.87. The summed E-state index contributed by atoms with van der Waals surface area (Å²) in [6.45, 7) is 2.45. The highest BCUT2D eigenvalue weighted by molar-refractivity contribution is 6.01. The molecular weight excluding hydrogens is 344 g/mol. The lowest BCUT2D eigenvalue weighted by atomic mass is 9.89. The minimum Gasteiger partial charge on any atom is -0.493 e. The van der Waals surface area contributed by atoms with Gasteiger partial charge in [-0.3, -0.25) is 9.59 Å². The summed E-state index contributed by atoms with van der Waals surface area (Å²) < 4.78 is 10.9. The molecule has 0 bridgehead atoms. The number of nitriles is 1. The van der Waals surface area contributed by atoms with E-state index in [9.17, 15) is 14.9 Å². The van der Waals surface area contributed by atoms with E-state index in [-0.39, 0.29) is 17.5 Å². The lowest BCUT2D eigenvalue weighted by molar-refractivity contribution is -0.140. The summed E-state index contributed by atoms with van der Waals surface area (Å²) >= 11 is 0. The minimum atomic E-state index is -0.411. The van der Waals surface area contributed by atoms with E-state index >= 15 is 0 Å². The molecule has 0 aromatic heterocycles. The van der Waals surface area contributed by atoms with Crippen molar-refractivity contribution in [3.8, 4) is 17.6 Å². The number of hydrogen-bond donors (Lipinski definition) is 1. The average Bonchev–Trinajstić information content (AvgIpc) is 2.71. The molecule has 144 valence electrons. The van der Waals surface area contributed by atoms with Crippen LogP contribution >= 0.6 is 0 Å². The highest BCUT2D eigenvalue weighted by Crippen LogP contribution is 2.31. The Morgan fingerprint density at radius 1 is 1.26 bits per heavy atom. The molecule has 1 aliphatic rings. The largest absolute Gasteiger partial charge is 0.493 e. The second kappa shape index (κ2) is 10.4. The van der Waals surface area contributed by atoms with Crippen LogP contribution < -0.4 is 14.8 Å². The highest BCUT2D eigenvalue weighted by atomic mass is 16.6. The topological polar surface area (TPSA) is 88.4 Å². The second-order valence-corrected chi connectivity index (χ2v) is 6.59. The van der Waals surface area contributed by atoms with E-state index in [2.05, 4.69) is 5.32 Å². The van der Waals surface area contributed by atoms with Gasteiger partial charge in [0.15, 0.2) is 11.5 Å². The number of methoxy groups -OCH3 is 1. The van der Waals surface area contributed by atoms with Gasteiger partial charge in [-0.1, -0.05) is 32.3 Å². The quantitative estimate of drug-likeness (QED) is 0.343. The maximum atomic E-state index is 12.3. The first-order valence-electron chi connectivity index (χ1n) is 9.38. The zero-order chi connectivity index (χ0) is 19.6. The number of nitrogens with zero attached hydrogens (tertiary/aromatic N) is 1. The third kappa shape index (κ3) is 5.85. The number of ether oxygens (including phenoxy) is 2. The first-order valence-corrected chi connectivity index (χ1v) is 9.38. The molecule has 27 heavy (non-hydrogen) atoms. The molecule has 0 unspecified atom stereocenters. The van der Waals surface area contributed by atoms with Crippen molar-refractivity contribution in [2.45, 2.75) is 45.4 Å². The molecule has 6 nitrogen and oxygen atoms in total. The summed E-state index contributed by atoms with van der Waals surface area (Å²) in [5.74, 6) is 0.0351. The monoisotopic (exact) mass is 370 g/mol. The molecule has 1 aromatic carbocycles. The minimum absolute atomic E-state index is 0.0115. The molecule has 0 atom stereocenters. The molecule has 1 fully saturated rings. The molecule has 1 aromatic rings. The number of benzene rings is 1. The fraction of sp³-hybridized carbons (Fsp3) is 0.476. The molecule has 1 saturated carbocycles. The number of nitrogens with one attached hydrogen (secondary N) is 1. The smallest absolute Gasteiger partial charge is 0.314 e. The average molecular weight is 370 g/mol. The number of hydrogen-bond acceptors (Lipinski definition) is 5. The van der Waals surface area contributed by atoms with E-state index < -0.39 is 5.91 Å². The Morgan fingerprint density at radius 2 is 2.00 bits per heavy atom. The molecule has 1 aliphatic carbocycles. The van der Waals surface area contributed by atoms with Gasteiger partial charge in [-0.25, -0.2) is 0 Å².